The monoisotopic (exact) mass is 248 g/mol. The van der Waals surface area contributed by atoms with Crippen LogP contribution in [0.2, 0.25) is 0 Å². The Morgan fingerprint density at radius 1 is 1.12 bits per heavy atom. The van der Waals surface area contributed by atoms with Gasteiger partial charge >= 0.3 is 0 Å². The van der Waals surface area contributed by atoms with Gasteiger partial charge in [-0.2, -0.15) is 0 Å². The molecule has 17 heavy (non-hydrogen) atoms. The predicted molar refractivity (Wildman–Crippen MR) is 73.5 cm³/mol. The average molecular weight is 249 g/mol. The maximum Gasteiger partial charge on any atom is 0.0283 e. The standard InChI is InChI=1S/C16H21Cl/c1-2-12-3-5-13(6-4-12)8-16(11-17)9-14-7-15(14)10-16/h3-6,14-15H,2,7-11H2,1H3. The summed E-state index contributed by atoms with van der Waals surface area (Å²) in [5, 5.41) is 0. The van der Waals surface area contributed by atoms with Gasteiger partial charge in [0.2, 0.25) is 0 Å². The van der Waals surface area contributed by atoms with Gasteiger partial charge in [-0.25, -0.2) is 0 Å². The quantitative estimate of drug-likeness (QED) is 0.691. The molecule has 0 spiro atoms. The van der Waals surface area contributed by atoms with Gasteiger partial charge in [-0.3, -0.25) is 0 Å². The fourth-order valence-electron chi connectivity index (χ4n) is 3.63. The van der Waals surface area contributed by atoms with E-state index in [1.165, 1.54) is 36.8 Å². The first-order valence-corrected chi connectivity index (χ1v) is 7.42. The Morgan fingerprint density at radius 2 is 1.71 bits per heavy atom. The highest BCUT2D eigenvalue weighted by atomic mass is 35.5. The summed E-state index contributed by atoms with van der Waals surface area (Å²) < 4.78 is 0. The first-order chi connectivity index (χ1) is 8.24. The molecule has 0 aromatic heterocycles. The van der Waals surface area contributed by atoms with E-state index in [1.807, 2.05) is 0 Å². The van der Waals surface area contributed by atoms with Crippen LogP contribution in [-0.4, -0.2) is 5.88 Å². The second-order valence-corrected chi connectivity index (χ2v) is 6.41. The molecule has 0 N–H and O–H groups in total. The van der Waals surface area contributed by atoms with Gasteiger partial charge in [0.15, 0.2) is 0 Å². The fourth-order valence-corrected chi connectivity index (χ4v) is 3.95. The Kier molecular flexibility index (Phi) is 2.94. The van der Waals surface area contributed by atoms with Crippen LogP contribution in [0.1, 0.15) is 37.3 Å². The normalized spacial score (nSPS) is 34.7. The molecule has 2 unspecified atom stereocenters. The molecule has 92 valence electrons. The molecular formula is C16H21Cl. The number of aryl methyl sites for hydroxylation is 1. The average Bonchev–Trinajstić information content (AvgIpc) is 2.99. The molecule has 0 saturated heterocycles. The van der Waals surface area contributed by atoms with Crippen molar-refractivity contribution in [3.8, 4) is 0 Å². The van der Waals surface area contributed by atoms with Crippen LogP contribution in [0.25, 0.3) is 0 Å². The van der Waals surface area contributed by atoms with Crippen molar-refractivity contribution in [1.82, 2.24) is 0 Å². The minimum absolute atomic E-state index is 0.420. The van der Waals surface area contributed by atoms with Crippen LogP contribution in [0.3, 0.4) is 0 Å². The summed E-state index contributed by atoms with van der Waals surface area (Å²) in [7, 11) is 0. The lowest BCUT2D eigenvalue weighted by atomic mass is 9.79. The Morgan fingerprint density at radius 3 is 2.24 bits per heavy atom. The smallest absolute Gasteiger partial charge is 0.0283 e. The molecule has 0 nitrogen and oxygen atoms in total. The summed E-state index contributed by atoms with van der Waals surface area (Å²) in [4.78, 5) is 0. The number of benzene rings is 1. The molecule has 0 aliphatic heterocycles. The van der Waals surface area contributed by atoms with E-state index in [4.69, 9.17) is 11.6 Å². The topological polar surface area (TPSA) is 0 Å². The molecular weight excluding hydrogens is 228 g/mol. The van der Waals surface area contributed by atoms with Crippen LogP contribution >= 0.6 is 11.6 Å². The maximum atomic E-state index is 6.26. The molecule has 3 rings (SSSR count). The van der Waals surface area contributed by atoms with Crippen molar-refractivity contribution < 1.29 is 0 Å². The van der Waals surface area contributed by atoms with Crippen molar-refractivity contribution in [3.05, 3.63) is 35.4 Å². The molecule has 0 amide bonds. The van der Waals surface area contributed by atoms with Gasteiger partial charge in [0.25, 0.3) is 0 Å². The molecule has 2 aliphatic carbocycles. The number of halogens is 1. The summed E-state index contributed by atoms with van der Waals surface area (Å²) in [5.41, 5.74) is 3.33. The Labute approximate surface area is 109 Å². The van der Waals surface area contributed by atoms with Crippen LogP contribution in [0.5, 0.6) is 0 Å². The van der Waals surface area contributed by atoms with E-state index >= 15 is 0 Å². The van der Waals surface area contributed by atoms with Crippen molar-refractivity contribution in [2.75, 3.05) is 5.88 Å². The largest absolute Gasteiger partial charge is 0.126 e. The summed E-state index contributed by atoms with van der Waals surface area (Å²) in [6, 6.07) is 9.15. The van der Waals surface area contributed by atoms with Gasteiger partial charge in [-0.15, -0.1) is 11.6 Å². The van der Waals surface area contributed by atoms with Crippen LogP contribution in [0, 0.1) is 17.3 Å². The third-order valence-electron chi connectivity index (χ3n) is 4.75. The number of alkyl halides is 1. The summed E-state index contributed by atoms with van der Waals surface area (Å²) in [5.74, 6) is 2.88. The first kappa shape index (κ1) is 11.6. The second kappa shape index (κ2) is 4.31. The lowest BCUT2D eigenvalue weighted by Gasteiger charge is -2.28. The highest BCUT2D eigenvalue weighted by Gasteiger charge is 2.53. The minimum Gasteiger partial charge on any atom is -0.126 e. The molecule has 2 aliphatic rings. The van der Waals surface area contributed by atoms with Gasteiger partial charge in [0.1, 0.15) is 0 Å². The number of fused-ring (bicyclic) bond motifs is 1. The third kappa shape index (κ3) is 2.25. The Balaban J connectivity index is 1.72. The molecule has 1 aromatic rings. The Bertz CT molecular complexity index is 382. The number of hydrogen-bond donors (Lipinski definition) is 0. The molecule has 1 aromatic carbocycles. The van der Waals surface area contributed by atoms with Gasteiger partial charge < -0.3 is 0 Å². The van der Waals surface area contributed by atoms with E-state index < -0.39 is 0 Å². The van der Waals surface area contributed by atoms with Crippen LogP contribution < -0.4 is 0 Å². The lowest BCUT2D eigenvalue weighted by Crippen LogP contribution is -2.23. The van der Waals surface area contributed by atoms with Crippen molar-refractivity contribution >= 4 is 11.6 Å². The van der Waals surface area contributed by atoms with Gasteiger partial charge in [-0.1, -0.05) is 31.2 Å². The lowest BCUT2D eigenvalue weighted by molar-refractivity contribution is 0.303. The van der Waals surface area contributed by atoms with E-state index in [9.17, 15) is 0 Å². The zero-order chi connectivity index (χ0) is 11.9. The molecule has 2 fully saturated rings. The highest BCUT2D eigenvalue weighted by molar-refractivity contribution is 6.18. The van der Waals surface area contributed by atoms with E-state index in [-0.39, 0.29) is 0 Å². The van der Waals surface area contributed by atoms with Gasteiger partial charge in [-0.05, 0) is 60.5 Å². The van der Waals surface area contributed by atoms with E-state index in [0.717, 1.165) is 24.1 Å². The highest BCUT2D eigenvalue weighted by Crippen LogP contribution is 2.61. The van der Waals surface area contributed by atoms with Crippen molar-refractivity contribution in [2.45, 2.75) is 39.0 Å². The van der Waals surface area contributed by atoms with Crippen LogP contribution in [-0.2, 0) is 12.8 Å². The maximum absolute atomic E-state index is 6.26. The fraction of sp³-hybridized carbons (Fsp3) is 0.625. The SMILES string of the molecule is CCc1ccc(CC2(CCl)CC3CC3C2)cc1. The van der Waals surface area contributed by atoms with Crippen LogP contribution in [0.4, 0.5) is 0 Å². The second-order valence-electron chi connectivity index (χ2n) is 6.14. The molecule has 2 saturated carbocycles. The van der Waals surface area contributed by atoms with E-state index in [0.29, 0.717) is 5.41 Å². The van der Waals surface area contributed by atoms with E-state index in [1.54, 1.807) is 0 Å². The zero-order valence-electron chi connectivity index (χ0n) is 10.6. The number of rotatable bonds is 4. The van der Waals surface area contributed by atoms with Crippen molar-refractivity contribution in [3.63, 3.8) is 0 Å². The summed E-state index contributed by atoms with van der Waals surface area (Å²) in [6.45, 7) is 2.21. The van der Waals surface area contributed by atoms with Gasteiger partial charge in [0, 0.05) is 5.88 Å². The third-order valence-corrected chi connectivity index (χ3v) is 5.32. The van der Waals surface area contributed by atoms with Crippen molar-refractivity contribution in [1.29, 1.82) is 0 Å². The molecule has 0 radical (unpaired) electrons. The van der Waals surface area contributed by atoms with E-state index in [2.05, 4.69) is 31.2 Å². The van der Waals surface area contributed by atoms with Gasteiger partial charge in [0.05, 0.1) is 0 Å². The molecule has 2 atom stereocenters. The molecule has 0 heterocycles. The Hall–Kier alpha value is -0.490. The first-order valence-electron chi connectivity index (χ1n) is 6.88. The predicted octanol–water partition coefficient (Wildman–Crippen LogP) is 4.45. The summed E-state index contributed by atoms with van der Waals surface area (Å²) >= 11 is 6.26. The minimum atomic E-state index is 0.420. The summed E-state index contributed by atoms with van der Waals surface area (Å²) in [6.07, 6.45) is 6.54. The van der Waals surface area contributed by atoms with Crippen molar-refractivity contribution in [2.24, 2.45) is 17.3 Å². The van der Waals surface area contributed by atoms with Crippen LogP contribution in [0.15, 0.2) is 24.3 Å². The molecule has 0 bridgehead atoms. The number of hydrogen-bond acceptors (Lipinski definition) is 0. The zero-order valence-corrected chi connectivity index (χ0v) is 11.3. The molecule has 1 heteroatoms.